The monoisotopic (exact) mass is 1710 g/mol. The fourth-order valence-electron chi connectivity index (χ4n) is 16.5. The molecule has 3 fully saturated rings. The highest BCUT2D eigenvalue weighted by atomic mass is 35.5. The number of amides is 3. The Bertz CT molecular complexity index is 6120. The first-order valence-corrected chi connectivity index (χ1v) is 40.7. The molecule has 3 saturated heterocycles. The van der Waals surface area contributed by atoms with Crippen molar-refractivity contribution in [2.75, 3.05) is 46.3 Å². The predicted octanol–water partition coefficient (Wildman–Crippen LogP) is 13.5. The van der Waals surface area contributed by atoms with E-state index in [9.17, 15) is 44.8 Å². The summed E-state index contributed by atoms with van der Waals surface area (Å²) >= 11 is 18.8. The molecule has 0 aliphatic carbocycles. The third-order valence-electron chi connectivity index (χ3n) is 23.0. The molecule has 0 spiro atoms. The topological polar surface area (TPSA) is 320 Å². The van der Waals surface area contributed by atoms with Gasteiger partial charge in [-0.25, -0.2) is 4.39 Å². The number of hydrogen-bond acceptors (Lipinski definition) is 20. The maximum absolute atomic E-state index is 14.6. The number of hydrogen-bond donors (Lipinski definition) is 2. The molecule has 26 nitrogen and oxygen atoms in total. The second kappa shape index (κ2) is 34.8. The number of carbonyl (C=O) groups is 3. The Morgan fingerprint density at radius 3 is 1.16 bits per heavy atom. The van der Waals surface area contributed by atoms with Gasteiger partial charge in [0, 0.05) is 160 Å². The van der Waals surface area contributed by atoms with Crippen LogP contribution in [-0.2, 0) is 97.6 Å². The van der Waals surface area contributed by atoms with Crippen molar-refractivity contribution in [1.29, 1.82) is 15.8 Å². The van der Waals surface area contributed by atoms with Crippen molar-refractivity contribution < 1.29 is 57.4 Å². The van der Waals surface area contributed by atoms with Gasteiger partial charge in [0.1, 0.15) is 36.1 Å². The maximum atomic E-state index is 14.6. The van der Waals surface area contributed by atoms with E-state index in [0.29, 0.717) is 147 Å². The number of aliphatic hydroxyl groups is 2. The minimum Gasteiger partial charge on any atom is -0.381 e. The van der Waals surface area contributed by atoms with Gasteiger partial charge in [0.25, 0.3) is 17.7 Å². The summed E-state index contributed by atoms with van der Waals surface area (Å²) in [7, 11) is 5.31. The number of alkyl halides is 1. The van der Waals surface area contributed by atoms with Gasteiger partial charge in [0.2, 0.25) is 0 Å². The van der Waals surface area contributed by atoms with Crippen molar-refractivity contribution in [2.45, 2.75) is 92.5 Å². The van der Waals surface area contributed by atoms with E-state index in [1.165, 1.54) is 35.5 Å². The number of benzene rings is 6. The molecule has 123 heavy (non-hydrogen) atoms. The minimum atomic E-state index is -2.02. The molecule has 0 saturated carbocycles. The second-order valence-corrected chi connectivity index (χ2v) is 32.2. The van der Waals surface area contributed by atoms with Crippen molar-refractivity contribution in [1.82, 2.24) is 59.0 Å². The number of carbonyl (C=O) groups excluding carboxylic acids is 3. The standard InChI is InChI=1S/C31H27ClFN5O4.C31H28ClN5O4.C31H26ClN5O3/c1-37-16-23(15-36-37)30(40,19-33)22-5-9-28-27(12-22)29(39)38(17-25-8-2-20(13-34)14-35-25)31(28,42-26-10-11-41-18-26)21-3-6-24(32)7-4-21;1-30(39,23-16-35-36(2)17-23)22-6-10-28-27(13-22)29(38)37(18-25-9-3-20(14-33)15-34-25)31(28,41-26-11-12-40-19-26)21-4-7-24(32)8-5-21;1-20(23-16-35-36(2)17-23)22-4-10-29-28(13-22)30(38)37(18-26-9-3-21(14-33)15-34-26)31(29,40-27-11-12-39-19-27)24-5-7-25(32)8-6-24/h2-9,12,14-16,26,40H,10-11,17-19H2,1H3;3-10,13,15-17,26,39H,11-12,18-19H2,1-2H3;3-10,13,15-17,27H,1,11-12,18-19H2,2H3/t2*26-,30?,31+;27-,31+/m000/s1. The van der Waals surface area contributed by atoms with Gasteiger partial charge in [-0.05, 0) is 139 Å². The van der Waals surface area contributed by atoms with Gasteiger partial charge in [-0.1, -0.05) is 114 Å². The van der Waals surface area contributed by atoms with Crippen LogP contribution in [0.4, 0.5) is 4.39 Å². The Balaban J connectivity index is 0.000000137. The molecule has 6 aliphatic heterocycles. The number of rotatable bonds is 22. The van der Waals surface area contributed by atoms with Crippen molar-refractivity contribution in [3.05, 3.63) is 358 Å². The number of pyridine rings is 3. The lowest BCUT2D eigenvalue weighted by Gasteiger charge is -2.41. The summed E-state index contributed by atoms with van der Waals surface area (Å²) in [4.78, 5) is 61.4. The Morgan fingerprint density at radius 1 is 0.472 bits per heavy atom. The molecule has 12 aromatic rings. The lowest BCUT2D eigenvalue weighted by molar-refractivity contribution is -0.147. The highest BCUT2D eigenvalue weighted by Crippen LogP contribution is 2.53. The number of fused-ring (bicyclic) bond motifs is 3. The first-order valence-electron chi connectivity index (χ1n) is 39.6. The maximum Gasteiger partial charge on any atom is 0.257 e. The molecule has 30 heteroatoms. The van der Waals surface area contributed by atoms with E-state index in [2.05, 4.69) is 55.0 Å². The van der Waals surface area contributed by atoms with Crippen LogP contribution >= 0.6 is 34.8 Å². The average molecular weight is 1710 g/mol. The zero-order valence-electron chi connectivity index (χ0n) is 67.2. The molecule has 2 unspecified atom stereocenters. The summed E-state index contributed by atoms with van der Waals surface area (Å²) < 4.78 is 57.0. The summed E-state index contributed by atoms with van der Waals surface area (Å²) in [6.45, 7) is 8.00. The largest absolute Gasteiger partial charge is 0.381 e. The summed E-state index contributed by atoms with van der Waals surface area (Å²) in [5.74, 6) is -0.862. The lowest BCUT2D eigenvalue weighted by atomic mass is 9.85. The number of halogens is 4. The normalized spacial score (nSPS) is 20.9. The number of nitrogens with zero attached hydrogens (tertiary/aromatic N) is 15. The van der Waals surface area contributed by atoms with E-state index in [-0.39, 0.29) is 72.4 Å². The quantitative estimate of drug-likeness (QED) is 0.0636. The number of aromatic nitrogens is 9. The van der Waals surface area contributed by atoms with Crippen LogP contribution in [0.2, 0.25) is 15.1 Å². The van der Waals surface area contributed by atoms with Crippen LogP contribution in [0.3, 0.4) is 0 Å². The molecule has 6 aliphatic rings. The van der Waals surface area contributed by atoms with Crippen LogP contribution in [-0.4, -0.2) is 152 Å². The van der Waals surface area contributed by atoms with E-state index in [4.69, 9.17) is 63.2 Å². The highest BCUT2D eigenvalue weighted by molar-refractivity contribution is 6.31. The summed E-state index contributed by atoms with van der Waals surface area (Å²) in [5, 5.41) is 65.0. The van der Waals surface area contributed by atoms with E-state index in [0.717, 1.165) is 33.4 Å². The Morgan fingerprint density at radius 2 is 0.829 bits per heavy atom. The molecule has 6 aromatic heterocycles. The SMILES string of the molecule is C=C(c1ccc2c(c1)C(=O)N(Cc1ccc(C#N)cn1)[C@@]2(O[C@H]1CCOC1)c1ccc(Cl)cc1)c1cnn(C)c1.Cn1cc(C(C)(O)c2ccc3c(c2)C(=O)N(Cc2ccc(C#N)cn2)[C@@]3(O[C@H]2CCOC2)c2ccc(Cl)cc2)cn1.Cn1cc(C(O)(CF)c2ccc3c(c2)C(=O)N(Cc2ccc(C#N)cn2)[C@@]3(O[C@H]2CCOC2)c2ccc(Cl)cc2)cn1. The fraction of sp³-hybridized carbons (Fsp3) is 0.269. The molecule has 6 aromatic carbocycles. The Kier molecular flexibility index (Phi) is 23.8. The minimum absolute atomic E-state index is 0.0424. The van der Waals surface area contributed by atoms with Gasteiger partial charge in [0.05, 0.1) is 110 Å². The van der Waals surface area contributed by atoms with Crippen LogP contribution in [0, 0.1) is 34.0 Å². The molecule has 0 bridgehead atoms. The molecule has 12 heterocycles. The molecule has 18 rings (SSSR count). The summed E-state index contributed by atoms with van der Waals surface area (Å²) in [6, 6.07) is 54.2. The van der Waals surface area contributed by atoms with Gasteiger partial charge in [0.15, 0.2) is 17.2 Å². The van der Waals surface area contributed by atoms with E-state index < -0.39 is 35.1 Å². The van der Waals surface area contributed by atoms with Crippen molar-refractivity contribution in [3.63, 3.8) is 0 Å². The van der Waals surface area contributed by atoms with Gasteiger partial charge in [-0.2, -0.15) is 31.1 Å². The Hall–Kier alpha value is -12.5. The number of nitriles is 3. The van der Waals surface area contributed by atoms with E-state index >= 15 is 0 Å². The van der Waals surface area contributed by atoms with Crippen molar-refractivity contribution in [2.24, 2.45) is 21.1 Å². The third-order valence-corrected chi connectivity index (χ3v) is 23.8. The molecule has 622 valence electrons. The third kappa shape index (κ3) is 16.1. The fourth-order valence-corrected chi connectivity index (χ4v) is 16.9. The van der Waals surface area contributed by atoms with E-state index in [1.807, 2.05) is 67.8 Å². The zero-order chi connectivity index (χ0) is 86.1. The average Bonchev–Trinajstić information content (AvgIpc) is 1.56. The van der Waals surface area contributed by atoms with Crippen LogP contribution in [0.5, 0.6) is 0 Å². The molecule has 3 amide bonds. The van der Waals surface area contributed by atoms with Crippen molar-refractivity contribution >= 4 is 58.1 Å². The first kappa shape index (κ1) is 84.1. The molecular formula is C93H81Cl3FN15O11. The smallest absolute Gasteiger partial charge is 0.257 e. The van der Waals surface area contributed by atoms with Gasteiger partial charge in [-0.3, -0.25) is 58.1 Å². The van der Waals surface area contributed by atoms with Crippen LogP contribution in [0.15, 0.2) is 226 Å². The molecule has 8 atom stereocenters. The van der Waals surface area contributed by atoms with E-state index in [1.54, 1.807) is 173 Å². The van der Waals surface area contributed by atoms with Crippen LogP contribution in [0.1, 0.15) is 158 Å². The van der Waals surface area contributed by atoms with Crippen LogP contribution in [0.25, 0.3) is 5.57 Å². The highest BCUT2D eigenvalue weighted by Gasteiger charge is 2.58. The summed E-state index contributed by atoms with van der Waals surface area (Å²) in [5.41, 5.74) is 4.94. The van der Waals surface area contributed by atoms with Gasteiger partial charge < -0.3 is 38.6 Å². The predicted molar refractivity (Wildman–Crippen MR) is 449 cm³/mol. The van der Waals surface area contributed by atoms with Crippen molar-refractivity contribution in [3.8, 4) is 18.2 Å². The second-order valence-electron chi connectivity index (χ2n) is 30.9. The summed E-state index contributed by atoms with van der Waals surface area (Å²) in [6.07, 6.45) is 15.6. The molecule has 0 radical (unpaired) electrons. The van der Waals surface area contributed by atoms with Gasteiger partial charge >= 0.3 is 0 Å². The van der Waals surface area contributed by atoms with Crippen LogP contribution < -0.4 is 0 Å². The zero-order valence-corrected chi connectivity index (χ0v) is 69.5. The molecular weight excluding hydrogens is 1630 g/mol. The lowest BCUT2D eigenvalue weighted by Crippen LogP contribution is -2.48. The first-order chi connectivity index (χ1) is 59.4. The Labute approximate surface area is 722 Å². The number of ether oxygens (including phenoxy) is 6. The van der Waals surface area contributed by atoms with Gasteiger partial charge in [-0.15, -0.1) is 0 Å². The number of aryl methyl sites for hydroxylation is 3. The molecule has 2 N–H and O–H groups in total.